The molecule has 0 aromatic rings. The molecule has 2 rings (SSSR count). The summed E-state index contributed by atoms with van der Waals surface area (Å²) in [5.41, 5.74) is 0.546. The highest BCUT2D eigenvalue weighted by Crippen LogP contribution is 2.58. The van der Waals surface area contributed by atoms with E-state index in [1.807, 2.05) is 13.8 Å². The van der Waals surface area contributed by atoms with Gasteiger partial charge in [0.05, 0.1) is 5.60 Å². The van der Waals surface area contributed by atoms with E-state index >= 15 is 0 Å². The SMILES string of the molecule is CC1=CC[C@@]2(C)CC[C@@](O)(C(C)C)[C@@H]2[C@@H](OC(=O)CC(C)C)C1. The van der Waals surface area contributed by atoms with Crippen molar-refractivity contribution in [1.82, 2.24) is 0 Å². The Morgan fingerprint density at radius 2 is 2.00 bits per heavy atom. The highest BCUT2D eigenvalue weighted by Gasteiger charge is 2.59. The minimum Gasteiger partial charge on any atom is -0.462 e. The Hall–Kier alpha value is -0.830. The number of ether oxygens (including phenoxy) is 1. The van der Waals surface area contributed by atoms with Crippen molar-refractivity contribution in [3.8, 4) is 0 Å². The molecule has 3 heteroatoms. The molecule has 2 aliphatic rings. The van der Waals surface area contributed by atoms with Gasteiger partial charge in [0, 0.05) is 18.8 Å². The lowest BCUT2D eigenvalue weighted by Gasteiger charge is -2.43. The molecular formula is C20H34O3. The van der Waals surface area contributed by atoms with Crippen LogP contribution in [0.25, 0.3) is 0 Å². The maximum Gasteiger partial charge on any atom is 0.306 e. The van der Waals surface area contributed by atoms with Gasteiger partial charge < -0.3 is 9.84 Å². The Morgan fingerprint density at radius 1 is 1.35 bits per heavy atom. The minimum atomic E-state index is -0.740. The van der Waals surface area contributed by atoms with Gasteiger partial charge in [-0.15, -0.1) is 0 Å². The Balaban J connectivity index is 2.32. The monoisotopic (exact) mass is 322 g/mol. The van der Waals surface area contributed by atoms with E-state index in [0.717, 1.165) is 25.7 Å². The van der Waals surface area contributed by atoms with Gasteiger partial charge in [-0.25, -0.2) is 0 Å². The number of esters is 1. The summed E-state index contributed by atoms with van der Waals surface area (Å²) in [5, 5.41) is 11.4. The fourth-order valence-electron chi connectivity index (χ4n) is 4.63. The van der Waals surface area contributed by atoms with E-state index in [-0.39, 0.29) is 29.3 Å². The molecule has 2 aliphatic carbocycles. The summed E-state index contributed by atoms with van der Waals surface area (Å²) in [6, 6.07) is 0. The largest absolute Gasteiger partial charge is 0.462 e. The molecule has 0 radical (unpaired) electrons. The van der Waals surface area contributed by atoms with Crippen molar-refractivity contribution in [2.75, 3.05) is 0 Å². The first kappa shape index (κ1) is 18.5. The number of fused-ring (bicyclic) bond motifs is 1. The molecule has 1 saturated carbocycles. The third-order valence-electron chi connectivity index (χ3n) is 6.06. The second-order valence-electron chi connectivity index (χ2n) is 8.86. The highest BCUT2D eigenvalue weighted by atomic mass is 16.5. The third kappa shape index (κ3) is 3.65. The number of aliphatic hydroxyl groups is 1. The molecule has 4 atom stereocenters. The molecule has 0 heterocycles. The molecule has 0 bridgehead atoms. The topological polar surface area (TPSA) is 46.5 Å². The molecule has 0 aromatic carbocycles. The average Bonchev–Trinajstić information content (AvgIpc) is 2.61. The van der Waals surface area contributed by atoms with Crippen LogP contribution in [0, 0.1) is 23.2 Å². The average molecular weight is 322 g/mol. The third-order valence-corrected chi connectivity index (χ3v) is 6.06. The number of carbonyl (C=O) groups excluding carboxylic acids is 1. The minimum absolute atomic E-state index is 0.0134. The van der Waals surface area contributed by atoms with E-state index < -0.39 is 5.60 Å². The van der Waals surface area contributed by atoms with E-state index in [2.05, 4.69) is 33.8 Å². The predicted molar refractivity (Wildman–Crippen MR) is 92.9 cm³/mol. The number of allylic oxidation sites excluding steroid dienone is 1. The molecule has 0 spiro atoms. The Bertz CT molecular complexity index is 479. The normalized spacial score (nSPS) is 37.5. The molecule has 132 valence electrons. The molecule has 0 aliphatic heterocycles. The van der Waals surface area contributed by atoms with Crippen LogP contribution in [-0.2, 0) is 9.53 Å². The molecule has 0 unspecified atom stereocenters. The van der Waals surface area contributed by atoms with Crippen LogP contribution in [0.2, 0.25) is 0 Å². The summed E-state index contributed by atoms with van der Waals surface area (Å²) < 4.78 is 5.94. The van der Waals surface area contributed by atoms with E-state index in [0.29, 0.717) is 12.3 Å². The molecule has 1 N–H and O–H groups in total. The van der Waals surface area contributed by atoms with E-state index in [9.17, 15) is 9.90 Å². The van der Waals surface area contributed by atoms with Crippen LogP contribution in [0.4, 0.5) is 0 Å². The van der Waals surface area contributed by atoms with Crippen LogP contribution >= 0.6 is 0 Å². The van der Waals surface area contributed by atoms with Crippen molar-refractivity contribution in [2.24, 2.45) is 23.2 Å². The number of carbonyl (C=O) groups is 1. The lowest BCUT2D eigenvalue weighted by atomic mass is 9.67. The van der Waals surface area contributed by atoms with Gasteiger partial charge >= 0.3 is 5.97 Å². The van der Waals surface area contributed by atoms with Gasteiger partial charge in [-0.05, 0) is 43.4 Å². The summed E-state index contributed by atoms with van der Waals surface area (Å²) in [7, 11) is 0. The lowest BCUT2D eigenvalue weighted by Crippen LogP contribution is -2.50. The van der Waals surface area contributed by atoms with Gasteiger partial charge in [0.15, 0.2) is 0 Å². The summed E-state index contributed by atoms with van der Waals surface area (Å²) >= 11 is 0. The van der Waals surface area contributed by atoms with Crippen LogP contribution < -0.4 is 0 Å². The van der Waals surface area contributed by atoms with Gasteiger partial charge in [0.25, 0.3) is 0 Å². The number of hydrogen-bond acceptors (Lipinski definition) is 3. The molecule has 0 saturated heterocycles. The number of rotatable bonds is 4. The van der Waals surface area contributed by atoms with Crippen molar-refractivity contribution in [3.05, 3.63) is 11.6 Å². The zero-order chi connectivity index (χ0) is 17.4. The fraction of sp³-hybridized carbons (Fsp3) is 0.850. The predicted octanol–water partition coefficient (Wildman–Crippen LogP) is 4.49. The smallest absolute Gasteiger partial charge is 0.306 e. The van der Waals surface area contributed by atoms with Gasteiger partial charge in [0.1, 0.15) is 6.10 Å². The fourth-order valence-corrected chi connectivity index (χ4v) is 4.63. The van der Waals surface area contributed by atoms with E-state index in [1.165, 1.54) is 5.57 Å². The van der Waals surface area contributed by atoms with Gasteiger partial charge in [-0.1, -0.05) is 46.3 Å². The Labute approximate surface area is 141 Å². The Kier molecular flexibility index (Phi) is 5.30. The quantitative estimate of drug-likeness (QED) is 0.613. The van der Waals surface area contributed by atoms with Crippen molar-refractivity contribution >= 4 is 5.97 Å². The van der Waals surface area contributed by atoms with Crippen LogP contribution in [0.3, 0.4) is 0 Å². The molecular weight excluding hydrogens is 288 g/mol. The number of hydrogen-bond donors (Lipinski definition) is 1. The maximum atomic E-state index is 12.3. The lowest BCUT2D eigenvalue weighted by molar-refractivity contribution is -0.166. The Morgan fingerprint density at radius 3 is 2.57 bits per heavy atom. The second kappa shape index (κ2) is 6.58. The first-order valence-electron chi connectivity index (χ1n) is 9.16. The van der Waals surface area contributed by atoms with Crippen LogP contribution in [0.1, 0.15) is 73.6 Å². The molecule has 1 fully saturated rings. The van der Waals surface area contributed by atoms with Crippen LogP contribution in [0.15, 0.2) is 11.6 Å². The van der Waals surface area contributed by atoms with Gasteiger partial charge in [-0.3, -0.25) is 4.79 Å². The van der Waals surface area contributed by atoms with Crippen LogP contribution in [0.5, 0.6) is 0 Å². The zero-order valence-electron chi connectivity index (χ0n) is 15.7. The molecule has 3 nitrogen and oxygen atoms in total. The summed E-state index contributed by atoms with van der Waals surface area (Å²) in [6.07, 6.45) is 6.04. The zero-order valence-corrected chi connectivity index (χ0v) is 15.7. The maximum absolute atomic E-state index is 12.3. The van der Waals surface area contributed by atoms with Crippen molar-refractivity contribution in [2.45, 2.75) is 85.4 Å². The summed E-state index contributed by atoms with van der Waals surface area (Å²) in [5.74, 6) is 0.350. The van der Waals surface area contributed by atoms with Gasteiger partial charge in [-0.2, -0.15) is 0 Å². The van der Waals surface area contributed by atoms with Crippen molar-refractivity contribution in [3.63, 3.8) is 0 Å². The standard InChI is InChI=1S/C20H34O3/c1-13(2)11-17(21)23-16-12-15(5)7-8-19(6)9-10-20(22,14(3)4)18(16)19/h7,13-14,16,18,22H,8-12H2,1-6H3/t16-,18+,19-,20+/m0/s1. The van der Waals surface area contributed by atoms with Crippen LogP contribution in [-0.4, -0.2) is 22.8 Å². The van der Waals surface area contributed by atoms with E-state index in [4.69, 9.17) is 4.74 Å². The van der Waals surface area contributed by atoms with Crippen molar-refractivity contribution < 1.29 is 14.6 Å². The van der Waals surface area contributed by atoms with Crippen molar-refractivity contribution in [1.29, 1.82) is 0 Å². The summed E-state index contributed by atoms with van der Waals surface area (Å²) in [4.78, 5) is 12.3. The first-order valence-corrected chi connectivity index (χ1v) is 9.16. The first-order chi connectivity index (χ1) is 10.6. The van der Waals surface area contributed by atoms with E-state index in [1.54, 1.807) is 0 Å². The highest BCUT2D eigenvalue weighted by molar-refractivity contribution is 5.69. The molecule has 23 heavy (non-hydrogen) atoms. The summed E-state index contributed by atoms with van der Waals surface area (Å²) in [6.45, 7) is 12.6. The molecule has 0 amide bonds. The van der Waals surface area contributed by atoms with Gasteiger partial charge in [0.2, 0.25) is 0 Å². The molecule has 0 aromatic heterocycles. The second-order valence-corrected chi connectivity index (χ2v) is 8.86.